The van der Waals surface area contributed by atoms with Crippen LogP contribution >= 0.6 is 12.6 Å². The highest BCUT2D eigenvalue weighted by Gasteiger charge is 2.32. The highest BCUT2D eigenvalue weighted by molar-refractivity contribution is 7.80. The topological polar surface area (TPSA) is 9.23 Å². The lowest BCUT2D eigenvalue weighted by atomic mass is 10.0. The van der Waals surface area contributed by atoms with Gasteiger partial charge in [-0.2, -0.15) is 12.6 Å². The van der Waals surface area contributed by atoms with Crippen molar-refractivity contribution in [1.82, 2.24) is 0 Å². The lowest BCUT2D eigenvalue weighted by molar-refractivity contribution is -0.0245. The van der Waals surface area contributed by atoms with Gasteiger partial charge in [0.05, 0.1) is 14.7 Å². The van der Waals surface area contributed by atoms with Gasteiger partial charge in [-0.05, 0) is 37.9 Å². The van der Waals surface area contributed by atoms with E-state index in [4.69, 9.17) is 4.74 Å². The van der Waals surface area contributed by atoms with E-state index in [1.54, 1.807) is 0 Å². The molecule has 1 atom stereocenters. The highest BCUT2D eigenvalue weighted by Crippen LogP contribution is 2.28. The van der Waals surface area contributed by atoms with Crippen molar-refractivity contribution in [1.29, 1.82) is 0 Å². The van der Waals surface area contributed by atoms with E-state index in [2.05, 4.69) is 43.0 Å². The van der Waals surface area contributed by atoms with Gasteiger partial charge >= 0.3 is 0 Å². The molecule has 17 heavy (non-hydrogen) atoms. The Balaban J connectivity index is 2.04. The van der Waals surface area contributed by atoms with Crippen LogP contribution in [0.1, 0.15) is 32.1 Å². The first-order valence-corrected chi connectivity index (χ1v) is 8.68. The van der Waals surface area contributed by atoms with E-state index >= 15 is 0 Å². The molecule has 0 N–H and O–H groups in total. The Kier molecular flexibility index (Phi) is 5.13. The second-order valence-electron chi connectivity index (χ2n) is 4.98. The molecule has 1 aliphatic rings. The van der Waals surface area contributed by atoms with E-state index < -0.39 is 0 Å². The minimum absolute atomic E-state index is 0.225. The van der Waals surface area contributed by atoms with Crippen LogP contribution in [-0.4, -0.2) is 27.1 Å². The molecule has 0 spiro atoms. The molecular weight excluding hydrogens is 244 g/mol. The van der Waals surface area contributed by atoms with Gasteiger partial charge in [0.15, 0.2) is 0 Å². The Morgan fingerprint density at radius 3 is 2.71 bits per heavy atom. The number of hydrogen-bond donors (Lipinski definition) is 1. The number of hydrogen-bond acceptors (Lipinski definition) is 2. The van der Waals surface area contributed by atoms with E-state index in [0.29, 0.717) is 0 Å². The SMILES string of the molecule is SCCCC1([SiH2]c2ccccc2)CCCCO1. The summed E-state index contributed by atoms with van der Waals surface area (Å²) in [6.45, 7) is 0.965. The molecule has 0 aromatic heterocycles. The molecule has 1 aromatic rings. The van der Waals surface area contributed by atoms with E-state index in [1.807, 2.05) is 0 Å². The largest absolute Gasteiger partial charge is 0.379 e. The van der Waals surface area contributed by atoms with Crippen molar-refractivity contribution in [3.63, 3.8) is 0 Å². The van der Waals surface area contributed by atoms with Crippen molar-refractivity contribution in [2.45, 2.75) is 37.3 Å². The van der Waals surface area contributed by atoms with Crippen LogP contribution in [0.2, 0.25) is 0 Å². The molecule has 0 amide bonds. The van der Waals surface area contributed by atoms with Gasteiger partial charge in [-0.25, -0.2) is 0 Å². The van der Waals surface area contributed by atoms with Crippen molar-refractivity contribution in [3.8, 4) is 0 Å². The Labute approximate surface area is 112 Å². The van der Waals surface area contributed by atoms with Gasteiger partial charge in [-0.3, -0.25) is 0 Å². The van der Waals surface area contributed by atoms with E-state index in [0.717, 1.165) is 12.4 Å². The number of benzene rings is 1. The first-order chi connectivity index (χ1) is 8.35. The monoisotopic (exact) mass is 266 g/mol. The van der Waals surface area contributed by atoms with Crippen molar-refractivity contribution >= 4 is 27.3 Å². The number of rotatable bonds is 5. The van der Waals surface area contributed by atoms with E-state index in [1.165, 1.54) is 37.3 Å². The normalized spacial score (nSPS) is 25.5. The van der Waals surface area contributed by atoms with Gasteiger partial charge in [0.25, 0.3) is 0 Å². The maximum Gasteiger partial charge on any atom is 0.0925 e. The van der Waals surface area contributed by atoms with E-state index in [-0.39, 0.29) is 14.7 Å². The standard InChI is InChI=1S/C14H22OSSi/c16-12-6-10-14(9-4-5-11-15-14)17-13-7-2-1-3-8-13/h1-3,7-8,16H,4-6,9-12,17H2. The molecule has 2 rings (SSSR count). The average Bonchev–Trinajstić information content (AvgIpc) is 2.39. The van der Waals surface area contributed by atoms with E-state index in [9.17, 15) is 0 Å². The van der Waals surface area contributed by atoms with Crippen LogP contribution in [0.3, 0.4) is 0 Å². The molecule has 1 heterocycles. The molecule has 94 valence electrons. The fourth-order valence-electron chi connectivity index (χ4n) is 2.70. The smallest absolute Gasteiger partial charge is 0.0925 e. The van der Waals surface area contributed by atoms with Gasteiger partial charge in [-0.1, -0.05) is 35.5 Å². The summed E-state index contributed by atoms with van der Waals surface area (Å²) in [5.41, 5.74) is 0. The zero-order chi connectivity index (χ0) is 12.0. The van der Waals surface area contributed by atoms with Crippen LogP contribution < -0.4 is 5.19 Å². The Bertz CT molecular complexity index is 322. The van der Waals surface area contributed by atoms with Gasteiger partial charge in [0.1, 0.15) is 0 Å². The molecule has 0 bridgehead atoms. The molecule has 0 aliphatic carbocycles. The zero-order valence-corrected chi connectivity index (χ0v) is 12.7. The van der Waals surface area contributed by atoms with Gasteiger partial charge < -0.3 is 4.74 Å². The molecule has 0 radical (unpaired) electrons. The predicted octanol–water partition coefficient (Wildman–Crippen LogP) is 2.09. The van der Waals surface area contributed by atoms with Crippen LogP contribution in [0.5, 0.6) is 0 Å². The van der Waals surface area contributed by atoms with Gasteiger partial charge in [0, 0.05) is 6.61 Å². The Hall–Kier alpha value is -0.253. The molecule has 1 nitrogen and oxygen atoms in total. The third-order valence-corrected chi connectivity index (χ3v) is 6.35. The summed E-state index contributed by atoms with van der Waals surface area (Å²) >= 11 is 4.34. The lowest BCUT2D eigenvalue weighted by Crippen LogP contribution is -2.47. The average molecular weight is 266 g/mol. The molecule has 1 aliphatic heterocycles. The summed E-state index contributed by atoms with van der Waals surface area (Å²) in [6.07, 6.45) is 6.24. The van der Waals surface area contributed by atoms with Gasteiger partial charge in [-0.15, -0.1) is 0 Å². The first-order valence-electron chi connectivity index (χ1n) is 6.63. The zero-order valence-electron chi connectivity index (χ0n) is 10.4. The third kappa shape index (κ3) is 3.87. The number of thiol groups is 1. The fraction of sp³-hybridized carbons (Fsp3) is 0.571. The Morgan fingerprint density at radius 2 is 2.06 bits per heavy atom. The van der Waals surface area contributed by atoms with Crippen LogP contribution in [0.25, 0.3) is 0 Å². The summed E-state index contributed by atoms with van der Waals surface area (Å²) in [4.78, 5) is 0. The maximum atomic E-state index is 6.20. The van der Waals surface area contributed by atoms with Crippen molar-refractivity contribution < 1.29 is 4.74 Å². The predicted molar refractivity (Wildman–Crippen MR) is 80.2 cm³/mol. The summed E-state index contributed by atoms with van der Waals surface area (Å²) in [6, 6.07) is 10.9. The summed E-state index contributed by atoms with van der Waals surface area (Å²) < 4.78 is 6.20. The maximum absolute atomic E-state index is 6.20. The van der Waals surface area contributed by atoms with Crippen LogP contribution in [-0.2, 0) is 4.74 Å². The summed E-state index contributed by atoms with van der Waals surface area (Å²) in [5, 5.41) is 1.76. The first kappa shape index (κ1) is 13.2. The quantitative estimate of drug-likeness (QED) is 0.634. The van der Waals surface area contributed by atoms with Crippen LogP contribution in [0, 0.1) is 0 Å². The molecule has 1 fully saturated rings. The summed E-state index contributed by atoms with van der Waals surface area (Å²) in [5.74, 6) is 0.980. The molecular formula is C14H22OSSi. The molecule has 1 aromatic carbocycles. The van der Waals surface area contributed by atoms with Crippen molar-refractivity contribution in [2.75, 3.05) is 12.4 Å². The lowest BCUT2D eigenvalue weighted by Gasteiger charge is -2.37. The van der Waals surface area contributed by atoms with Crippen molar-refractivity contribution in [3.05, 3.63) is 30.3 Å². The van der Waals surface area contributed by atoms with Crippen molar-refractivity contribution in [2.24, 2.45) is 0 Å². The number of ether oxygens (including phenoxy) is 1. The molecule has 1 unspecified atom stereocenters. The third-order valence-electron chi connectivity index (χ3n) is 3.59. The fourth-order valence-corrected chi connectivity index (χ4v) is 5.21. The van der Waals surface area contributed by atoms with Crippen LogP contribution in [0.15, 0.2) is 30.3 Å². The van der Waals surface area contributed by atoms with Crippen LogP contribution in [0.4, 0.5) is 0 Å². The van der Waals surface area contributed by atoms with Gasteiger partial charge in [0.2, 0.25) is 0 Å². The minimum Gasteiger partial charge on any atom is -0.379 e. The minimum atomic E-state index is -0.341. The molecule has 3 heteroatoms. The highest BCUT2D eigenvalue weighted by atomic mass is 32.1. The second kappa shape index (κ2) is 6.62. The Morgan fingerprint density at radius 1 is 1.24 bits per heavy atom. The molecule has 0 saturated carbocycles. The second-order valence-corrected chi connectivity index (χ2v) is 7.88. The molecule has 1 saturated heterocycles. The summed E-state index contributed by atoms with van der Waals surface area (Å²) in [7, 11) is -0.341.